The fraction of sp³-hybridized carbons (Fsp3) is 0.200. The molecule has 0 unspecified atom stereocenters. The SMILES string of the molecule is O=C(Cc1noc2ccccc12)N1CC=C(c2ccccc2)CC1. The third-order valence-corrected chi connectivity index (χ3v) is 4.48. The molecule has 4 rings (SSSR count). The van der Waals surface area contributed by atoms with Crippen molar-refractivity contribution in [3.8, 4) is 0 Å². The van der Waals surface area contributed by atoms with Gasteiger partial charge in [-0.1, -0.05) is 53.7 Å². The van der Waals surface area contributed by atoms with Gasteiger partial charge in [-0.05, 0) is 29.7 Å². The number of hydrogen-bond donors (Lipinski definition) is 0. The summed E-state index contributed by atoms with van der Waals surface area (Å²) in [6, 6.07) is 18.0. The molecule has 4 nitrogen and oxygen atoms in total. The van der Waals surface area contributed by atoms with Gasteiger partial charge in [0.2, 0.25) is 5.91 Å². The number of hydrogen-bond acceptors (Lipinski definition) is 3. The minimum Gasteiger partial charge on any atom is -0.356 e. The summed E-state index contributed by atoms with van der Waals surface area (Å²) in [6.45, 7) is 1.40. The largest absolute Gasteiger partial charge is 0.356 e. The summed E-state index contributed by atoms with van der Waals surface area (Å²) in [4.78, 5) is 14.5. The molecule has 0 spiro atoms. The first-order valence-electron chi connectivity index (χ1n) is 8.17. The maximum Gasteiger partial charge on any atom is 0.229 e. The van der Waals surface area contributed by atoms with Gasteiger partial charge in [-0.15, -0.1) is 0 Å². The van der Waals surface area contributed by atoms with Crippen molar-refractivity contribution < 1.29 is 9.32 Å². The summed E-state index contributed by atoms with van der Waals surface area (Å²) in [6.07, 6.45) is 3.32. The van der Waals surface area contributed by atoms with Crippen LogP contribution in [0.4, 0.5) is 0 Å². The molecule has 0 atom stereocenters. The Hall–Kier alpha value is -2.88. The van der Waals surface area contributed by atoms with Crippen LogP contribution >= 0.6 is 0 Å². The molecule has 1 aliphatic rings. The molecule has 0 saturated heterocycles. The number of amides is 1. The molecule has 0 radical (unpaired) electrons. The van der Waals surface area contributed by atoms with Crippen LogP contribution in [0.3, 0.4) is 0 Å². The maximum atomic E-state index is 12.6. The summed E-state index contributed by atoms with van der Waals surface area (Å²) < 4.78 is 5.28. The van der Waals surface area contributed by atoms with Crippen LogP contribution < -0.4 is 0 Å². The van der Waals surface area contributed by atoms with Crippen molar-refractivity contribution in [2.75, 3.05) is 13.1 Å². The van der Waals surface area contributed by atoms with E-state index >= 15 is 0 Å². The van der Waals surface area contributed by atoms with Gasteiger partial charge in [-0.2, -0.15) is 0 Å². The highest BCUT2D eigenvalue weighted by atomic mass is 16.5. The molecule has 120 valence electrons. The van der Waals surface area contributed by atoms with E-state index in [4.69, 9.17) is 4.52 Å². The predicted octanol–water partition coefficient (Wildman–Crippen LogP) is 3.69. The van der Waals surface area contributed by atoms with Crippen molar-refractivity contribution in [2.45, 2.75) is 12.8 Å². The maximum absolute atomic E-state index is 12.6. The fourth-order valence-corrected chi connectivity index (χ4v) is 3.13. The van der Waals surface area contributed by atoms with Gasteiger partial charge in [-0.25, -0.2) is 0 Å². The molecule has 24 heavy (non-hydrogen) atoms. The van der Waals surface area contributed by atoms with E-state index in [2.05, 4.69) is 23.4 Å². The van der Waals surface area contributed by atoms with Gasteiger partial charge in [-0.3, -0.25) is 4.79 Å². The Kier molecular flexibility index (Phi) is 3.87. The van der Waals surface area contributed by atoms with Gasteiger partial charge in [0.15, 0.2) is 5.58 Å². The number of nitrogens with zero attached hydrogens (tertiary/aromatic N) is 2. The Balaban J connectivity index is 1.46. The van der Waals surface area contributed by atoms with Crippen molar-refractivity contribution in [2.24, 2.45) is 0 Å². The third-order valence-electron chi connectivity index (χ3n) is 4.48. The van der Waals surface area contributed by atoms with Crippen LogP contribution in [-0.2, 0) is 11.2 Å². The molecule has 0 fully saturated rings. The van der Waals surface area contributed by atoms with E-state index in [1.807, 2.05) is 47.4 Å². The minimum atomic E-state index is 0.0948. The van der Waals surface area contributed by atoms with Gasteiger partial charge in [0.25, 0.3) is 0 Å². The summed E-state index contributed by atoms with van der Waals surface area (Å²) in [5.74, 6) is 0.0948. The molecule has 0 N–H and O–H groups in total. The predicted molar refractivity (Wildman–Crippen MR) is 93.3 cm³/mol. The van der Waals surface area contributed by atoms with Crippen molar-refractivity contribution in [1.29, 1.82) is 0 Å². The molecule has 3 aromatic rings. The molecule has 1 aliphatic heterocycles. The first-order chi connectivity index (χ1) is 11.8. The zero-order chi connectivity index (χ0) is 16.4. The topological polar surface area (TPSA) is 46.3 Å². The number of carbonyl (C=O) groups excluding carboxylic acids is 1. The zero-order valence-corrected chi connectivity index (χ0v) is 13.3. The number of aromatic nitrogens is 1. The van der Waals surface area contributed by atoms with E-state index in [-0.39, 0.29) is 12.3 Å². The van der Waals surface area contributed by atoms with Crippen LogP contribution in [0.15, 0.2) is 65.2 Å². The van der Waals surface area contributed by atoms with Crippen molar-refractivity contribution >= 4 is 22.4 Å². The smallest absolute Gasteiger partial charge is 0.229 e. The highest BCUT2D eigenvalue weighted by Gasteiger charge is 2.20. The lowest BCUT2D eigenvalue weighted by atomic mass is 9.99. The highest BCUT2D eigenvalue weighted by molar-refractivity contribution is 5.86. The first kappa shape index (κ1) is 14.7. The minimum absolute atomic E-state index is 0.0948. The lowest BCUT2D eigenvalue weighted by molar-refractivity contribution is -0.130. The van der Waals surface area contributed by atoms with Crippen LogP contribution in [0.25, 0.3) is 16.5 Å². The van der Waals surface area contributed by atoms with E-state index in [1.54, 1.807) is 0 Å². The number of para-hydroxylation sites is 1. The number of carbonyl (C=O) groups is 1. The Morgan fingerprint density at radius 3 is 2.67 bits per heavy atom. The lowest BCUT2D eigenvalue weighted by Gasteiger charge is -2.26. The molecule has 1 amide bonds. The lowest BCUT2D eigenvalue weighted by Crippen LogP contribution is -2.35. The Labute approximate surface area is 140 Å². The monoisotopic (exact) mass is 318 g/mol. The molecule has 0 saturated carbocycles. The number of rotatable bonds is 3. The number of fused-ring (bicyclic) bond motifs is 1. The van der Waals surface area contributed by atoms with Crippen molar-refractivity contribution in [1.82, 2.24) is 10.1 Å². The van der Waals surface area contributed by atoms with Crippen LogP contribution in [0.5, 0.6) is 0 Å². The van der Waals surface area contributed by atoms with Gasteiger partial charge in [0.05, 0.1) is 6.42 Å². The Morgan fingerprint density at radius 2 is 1.88 bits per heavy atom. The molecule has 0 bridgehead atoms. The molecule has 1 aromatic heterocycles. The van der Waals surface area contributed by atoms with E-state index < -0.39 is 0 Å². The molecule has 0 aliphatic carbocycles. The Morgan fingerprint density at radius 1 is 1.08 bits per heavy atom. The zero-order valence-electron chi connectivity index (χ0n) is 13.3. The average Bonchev–Trinajstić information content (AvgIpc) is 3.06. The second kappa shape index (κ2) is 6.32. The van der Waals surface area contributed by atoms with E-state index in [9.17, 15) is 4.79 Å². The van der Waals surface area contributed by atoms with Crippen LogP contribution in [0.2, 0.25) is 0 Å². The van der Waals surface area contributed by atoms with Crippen molar-refractivity contribution in [3.05, 3.63) is 71.9 Å². The molecular weight excluding hydrogens is 300 g/mol. The molecule has 4 heteroatoms. The van der Waals surface area contributed by atoms with Crippen LogP contribution in [0.1, 0.15) is 17.7 Å². The van der Waals surface area contributed by atoms with Gasteiger partial charge in [0.1, 0.15) is 5.69 Å². The van der Waals surface area contributed by atoms with E-state index in [0.717, 1.165) is 23.9 Å². The molecule has 2 heterocycles. The van der Waals surface area contributed by atoms with Gasteiger partial charge in [0, 0.05) is 18.5 Å². The first-order valence-corrected chi connectivity index (χ1v) is 8.17. The normalized spacial score (nSPS) is 14.7. The molecule has 2 aromatic carbocycles. The highest BCUT2D eigenvalue weighted by Crippen LogP contribution is 2.23. The van der Waals surface area contributed by atoms with Crippen LogP contribution in [-0.4, -0.2) is 29.1 Å². The second-order valence-electron chi connectivity index (χ2n) is 5.99. The average molecular weight is 318 g/mol. The summed E-state index contributed by atoms with van der Waals surface area (Å²) >= 11 is 0. The number of benzene rings is 2. The summed E-state index contributed by atoms with van der Waals surface area (Å²) in [5, 5.41) is 4.97. The standard InChI is InChI=1S/C20H18N2O2/c23-20(14-18-17-8-4-5-9-19(17)24-21-18)22-12-10-16(11-13-22)15-6-2-1-3-7-15/h1-10H,11-14H2. The molecular formula is C20H18N2O2. The second-order valence-corrected chi connectivity index (χ2v) is 5.99. The third kappa shape index (κ3) is 2.83. The quantitative estimate of drug-likeness (QED) is 0.740. The van der Waals surface area contributed by atoms with E-state index in [1.165, 1.54) is 11.1 Å². The van der Waals surface area contributed by atoms with Crippen molar-refractivity contribution in [3.63, 3.8) is 0 Å². The van der Waals surface area contributed by atoms with Crippen LogP contribution in [0, 0.1) is 0 Å². The summed E-state index contributed by atoms with van der Waals surface area (Å²) in [5.41, 5.74) is 4.00. The van der Waals surface area contributed by atoms with E-state index in [0.29, 0.717) is 12.2 Å². The van der Waals surface area contributed by atoms with Gasteiger partial charge < -0.3 is 9.42 Å². The van der Waals surface area contributed by atoms with Gasteiger partial charge >= 0.3 is 0 Å². The Bertz CT molecular complexity index is 896. The fourth-order valence-electron chi connectivity index (χ4n) is 3.13. The summed E-state index contributed by atoms with van der Waals surface area (Å²) in [7, 11) is 0.